The van der Waals surface area contributed by atoms with E-state index in [9.17, 15) is 0 Å². The Bertz CT molecular complexity index is 875. The number of aromatic amines is 2. The number of aromatic nitrogens is 3. The van der Waals surface area contributed by atoms with Gasteiger partial charge in [0.15, 0.2) is 0 Å². The molecular formula is C21H27N5. The van der Waals surface area contributed by atoms with Crippen LogP contribution in [0.25, 0.3) is 16.6 Å². The highest BCUT2D eigenvalue weighted by molar-refractivity contribution is 5.90. The first kappa shape index (κ1) is 16.9. The molecule has 4 heterocycles. The molecule has 5 heteroatoms. The highest BCUT2D eigenvalue weighted by Crippen LogP contribution is 2.28. The van der Waals surface area contributed by atoms with E-state index in [1.165, 1.54) is 23.3 Å². The number of rotatable bonds is 7. The number of hydrogen-bond acceptors (Lipinski definition) is 3. The van der Waals surface area contributed by atoms with Crippen molar-refractivity contribution in [3.63, 3.8) is 0 Å². The van der Waals surface area contributed by atoms with E-state index < -0.39 is 0 Å². The topological polar surface area (TPSA) is 59.7 Å². The lowest BCUT2D eigenvalue weighted by Gasteiger charge is -2.21. The zero-order chi connectivity index (χ0) is 17.8. The van der Waals surface area contributed by atoms with Crippen LogP contribution in [0, 0.1) is 0 Å². The average molecular weight is 349 g/mol. The summed E-state index contributed by atoms with van der Waals surface area (Å²) in [5.41, 5.74) is 6.16. The smallest absolute Gasteiger partial charge is 0.126 e. The zero-order valence-electron chi connectivity index (χ0n) is 15.4. The Kier molecular flexibility index (Phi) is 5.07. The summed E-state index contributed by atoms with van der Waals surface area (Å²) in [5, 5.41) is 3.48. The molecule has 0 saturated carbocycles. The summed E-state index contributed by atoms with van der Waals surface area (Å²) in [7, 11) is 2.17. The number of nitrogens with one attached hydrogen (secondary N) is 3. The maximum Gasteiger partial charge on any atom is 0.126 e. The molecular weight excluding hydrogens is 322 g/mol. The van der Waals surface area contributed by atoms with Crippen molar-refractivity contribution in [2.45, 2.75) is 25.7 Å². The van der Waals surface area contributed by atoms with Crippen molar-refractivity contribution >= 4 is 22.4 Å². The van der Waals surface area contributed by atoms with Crippen molar-refractivity contribution in [1.82, 2.24) is 19.9 Å². The van der Waals surface area contributed by atoms with Crippen LogP contribution in [0.4, 0.5) is 5.82 Å². The second-order valence-electron chi connectivity index (χ2n) is 7.12. The van der Waals surface area contributed by atoms with E-state index in [1.54, 1.807) is 0 Å². The quantitative estimate of drug-likeness (QED) is 0.564. The van der Waals surface area contributed by atoms with Gasteiger partial charge in [-0.15, -0.1) is 0 Å². The molecule has 0 aliphatic carbocycles. The van der Waals surface area contributed by atoms with Crippen LogP contribution in [0.15, 0.2) is 42.7 Å². The Hall–Kier alpha value is -2.53. The van der Waals surface area contributed by atoms with Gasteiger partial charge < -0.3 is 20.2 Å². The first-order chi connectivity index (χ1) is 12.8. The van der Waals surface area contributed by atoms with E-state index >= 15 is 0 Å². The Morgan fingerprint density at radius 1 is 1.19 bits per heavy atom. The van der Waals surface area contributed by atoms with Crippen molar-refractivity contribution < 1.29 is 0 Å². The number of likely N-dealkylation sites (N-methyl/N-ethyl adjacent to an activating group) is 1. The molecule has 0 amide bonds. The minimum Gasteiger partial charge on any atom is -0.370 e. The summed E-state index contributed by atoms with van der Waals surface area (Å²) in [6.07, 6.45) is 10.9. The van der Waals surface area contributed by atoms with Gasteiger partial charge in [-0.25, -0.2) is 4.98 Å². The van der Waals surface area contributed by atoms with Crippen LogP contribution in [0.3, 0.4) is 0 Å². The summed E-state index contributed by atoms with van der Waals surface area (Å²) >= 11 is 0. The molecule has 0 aromatic carbocycles. The summed E-state index contributed by atoms with van der Waals surface area (Å²) in [4.78, 5) is 13.8. The number of aryl methyl sites for hydroxylation is 1. The number of unbranched alkanes of at least 4 members (excludes halogenated alkanes) is 1. The van der Waals surface area contributed by atoms with Gasteiger partial charge in [-0.1, -0.05) is 6.08 Å². The molecule has 3 aromatic rings. The van der Waals surface area contributed by atoms with E-state index in [0.717, 1.165) is 55.7 Å². The number of nitrogens with zero attached hydrogens (tertiary/aromatic N) is 2. The number of anilines is 1. The van der Waals surface area contributed by atoms with Gasteiger partial charge in [0.25, 0.3) is 0 Å². The Morgan fingerprint density at radius 3 is 2.96 bits per heavy atom. The highest BCUT2D eigenvalue weighted by atomic mass is 15.1. The van der Waals surface area contributed by atoms with Crippen LogP contribution in [0.1, 0.15) is 30.5 Å². The summed E-state index contributed by atoms with van der Waals surface area (Å²) < 4.78 is 0. The molecule has 0 spiro atoms. The number of hydrogen-bond donors (Lipinski definition) is 3. The maximum absolute atomic E-state index is 4.87. The Labute approximate surface area is 154 Å². The fraction of sp³-hybridized carbons (Fsp3) is 0.381. The second kappa shape index (κ2) is 7.79. The van der Waals surface area contributed by atoms with Gasteiger partial charge in [0.1, 0.15) is 5.82 Å². The predicted molar refractivity (Wildman–Crippen MR) is 108 cm³/mol. The molecule has 26 heavy (non-hydrogen) atoms. The van der Waals surface area contributed by atoms with Gasteiger partial charge in [-0.05, 0) is 62.6 Å². The molecule has 3 N–H and O–H groups in total. The SMILES string of the molecule is CN1CC=C(c2c[nH]c3ccc(NCCCCc4ccc[nH]4)nc23)CC1. The molecule has 1 aliphatic rings. The molecule has 136 valence electrons. The van der Waals surface area contributed by atoms with E-state index in [1.807, 2.05) is 6.20 Å². The van der Waals surface area contributed by atoms with Crippen molar-refractivity contribution in [2.24, 2.45) is 0 Å². The van der Waals surface area contributed by atoms with Crippen LogP contribution in [0.5, 0.6) is 0 Å². The van der Waals surface area contributed by atoms with Crippen LogP contribution >= 0.6 is 0 Å². The summed E-state index contributed by atoms with van der Waals surface area (Å²) in [6.45, 7) is 3.07. The fourth-order valence-electron chi connectivity index (χ4n) is 3.54. The van der Waals surface area contributed by atoms with Crippen LogP contribution in [-0.4, -0.2) is 46.5 Å². The first-order valence-electron chi connectivity index (χ1n) is 9.52. The van der Waals surface area contributed by atoms with Gasteiger partial charge in [0.2, 0.25) is 0 Å². The molecule has 0 atom stereocenters. The molecule has 0 unspecified atom stereocenters. The summed E-state index contributed by atoms with van der Waals surface area (Å²) in [6, 6.07) is 8.40. The van der Waals surface area contributed by atoms with Crippen molar-refractivity contribution in [1.29, 1.82) is 0 Å². The van der Waals surface area contributed by atoms with Crippen LogP contribution in [-0.2, 0) is 6.42 Å². The molecule has 4 rings (SSSR count). The van der Waals surface area contributed by atoms with E-state index in [4.69, 9.17) is 4.98 Å². The van der Waals surface area contributed by atoms with Gasteiger partial charge in [-0.3, -0.25) is 0 Å². The fourth-order valence-corrected chi connectivity index (χ4v) is 3.54. The largest absolute Gasteiger partial charge is 0.370 e. The van der Waals surface area contributed by atoms with Crippen molar-refractivity contribution in [3.05, 3.63) is 54.0 Å². The van der Waals surface area contributed by atoms with Gasteiger partial charge in [0.05, 0.1) is 11.0 Å². The lowest BCUT2D eigenvalue weighted by Crippen LogP contribution is -2.23. The Morgan fingerprint density at radius 2 is 2.15 bits per heavy atom. The molecule has 3 aromatic heterocycles. The van der Waals surface area contributed by atoms with Gasteiger partial charge in [-0.2, -0.15) is 0 Å². The van der Waals surface area contributed by atoms with E-state index in [0.29, 0.717) is 0 Å². The first-order valence-corrected chi connectivity index (χ1v) is 9.52. The molecule has 0 saturated heterocycles. The molecule has 1 aliphatic heterocycles. The van der Waals surface area contributed by atoms with Crippen LogP contribution < -0.4 is 5.32 Å². The summed E-state index contributed by atoms with van der Waals surface area (Å²) in [5.74, 6) is 0.965. The average Bonchev–Trinajstić information content (AvgIpc) is 3.31. The van der Waals surface area contributed by atoms with E-state index in [-0.39, 0.29) is 0 Å². The zero-order valence-corrected chi connectivity index (χ0v) is 15.4. The molecule has 5 nitrogen and oxygen atoms in total. The lowest BCUT2D eigenvalue weighted by molar-refractivity contribution is 0.370. The van der Waals surface area contributed by atoms with Gasteiger partial charge >= 0.3 is 0 Å². The van der Waals surface area contributed by atoms with Crippen LogP contribution in [0.2, 0.25) is 0 Å². The Balaban J connectivity index is 1.38. The van der Waals surface area contributed by atoms with Crippen molar-refractivity contribution in [3.8, 4) is 0 Å². The third-order valence-electron chi connectivity index (χ3n) is 5.12. The number of H-pyrrole nitrogens is 2. The van der Waals surface area contributed by atoms with E-state index in [2.05, 4.69) is 63.8 Å². The minimum absolute atomic E-state index is 0.951. The monoisotopic (exact) mass is 349 g/mol. The molecule has 0 radical (unpaired) electrons. The van der Waals surface area contributed by atoms with Crippen molar-refractivity contribution in [2.75, 3.05) is 32.0 Å². The van der Waals surface area contributed by atoms with Gasteiger partial charge in [0, 0.05) is 43.3 Å². The molecule has 0 fully saturated rings. The second-order valence-corrected chi connectivity index (χ2v) is 7.12. The number of fused-ring (bicyclic) bond motifs is 1. The minimum atomic E-state index is 0.951. The standard InChI is InChI=1S/C21H27N5/c1-26-13-9-16(10-14-26)18-15-24-19-7-8-20(25-21(18)19)23-11-3-2-5-17-6-4-12-22-17/h4,6-9,12,15,22,24H,2-3,5,10-11,13-14H2,1H3,(H,23,25). The lowest BCUT2D eigenvalue weighted by atomic mass is 10.0. The third kappa shape index (κ3) is 3.83. The predicted octanol–water partition coefficient (Wildman–Crippen LogP) is 4.04. The molecule has 0 bridgehead atoms. The normalized spacial score (nSPS) is 15.3. The highest BCUT2D eigenvalue weighted by Gasteiger charge is 2.14. The number of pyridine rings is 1. The third-order valence-corrected chi connectivity index (χ3v) is 5.12. The maximum atomic E-state index is 4.87.